The van der Waals surface area contributed by atoms with Crippen LogP contribution in [0.25, 0.3) is 0 Å². The summed E-state index contributed by atoms with van der Waals surface area (Å²) in [4.78, 5) is 11.4. The van der Waals surface area contributed by atoms with E-state index < -0.39 is 11.7 Å². The minimum absolute atomic E-state index is 0.212. The second-order valence-electron chi connectivity index (χ2n) is 5.08. The number of carbonyl (C=O) groups excluding carboxylic acids is 1. The predicted molar refractivity (Wildman–Crippen MR) is 72.3 cm³/mol. The van der Waals surface area contributed by atoms with Gasteiger partial charge < -0.3 is 20.2 Å². The molecule has 3 N–H and O–H groups in total. The molecule has 0 bridgehead atoms. The lowest BCUT2D eigenvalue weighted by atomic mass is 10.2. The van der Waals surface area contributed by atoms with E-state index >= 15 is 0 Å². The Hall–Kier alpha value is -1.01. The van der Waals surface area contributed by atoms with Gasteiger partial charge in [-0.2, -0.15) is 0 Å². The first-order valence-electron chi connectivity index (χ1n) is 5.71. The number of ether oxygens (including phenoxy) is 1. The molecule has 6 heteroatoms. The highest BCUT2D eigenvalue weighted by molar-refractivity contribution is 9.10. The molecule has 18 heavy (non-hydrogen) atoms. The van der Waals surface area contributed by atoms with Crippen molar-refractivity contribution in [2.75, 3.05) is 6.54 Å². The summed E-state index contributed by atoms with van der Waals surface area (Å²) in [7, 11) is 0. The molecule has 0 fully saturated rings. The number of nitrogens with one attached hydrogen (secondary N) is 1. The smallest absolute Gasteiger partial charge is 0.407 e. The van der Waals surface area contributed by atoms with E-state index in [1.165, 1.54) is 0 Å². The number of halogens is 1. The van der Waals surface area contributed by atoms with Crippen LogP contribution in [0.2, 0.25) is 0 Å². The summed E-state index contributed by atoms with van der Waals surface area (Å²) in [5, 5.41) is 2.63. The summed E-state index contributed by atoms with van der Waals surface area (Å²) < 4.78 is 11.2. The van der Waals surface area contributed by atoms with Crippen LogP contribution in [0.5, 0.6) is 0 Å². The highest BCUT2D eigenvalue weighted by Gasteiger charge is 2.16. The first-order chi connectivity index (χ1) is 8.26. The third-order valence-electron chi connectivity index (χ3n) is 1.99. The van der Waals surface area contributed by atoms with Crippen LogP contribution in [0.4, 0.5) is 4.79 Å². The quantitative estimate of drug-likeness (QED) is 0.893. The third-order valence-corrected chi connectivity index (χ3v) is 2.41. The molecular weight excluding hydrogens is 300 g/mol. The molecule has 1 rings (SSSR count). The number of hydrogen-bond donors (Lipinski definition) is 2. The van der Waals surface area contributed by atoms with Gasteiger partial charge in [-0.25, -0.2) is 4.79 Å². The van der Waals surface area contributed by atoms with Crippen molar-refractivity contribution >= 4 is 22.0 Å². The molecule has 0 aliphatic rings. The fourth-order valence-electron chi connectivity index (χ4n) is 1.32. The maximum Gasteiger partial charge on any atom is 0.407 e. The van der Waals surface area contributed by atoms with E-state index in [1.54, 1.807) is 6.26 Å². The maximum atomic E-state index is 11.4. The van der Waals surface area contributed by atoms with Gasteiger partial charge in [-0.1, -0.05) is 0 Å². The molecule has 1 aromatic heterocycles. The molecule has 102 valence electrons. The van der Waals surface area contributed by atoms with Crippen LogP contribution >= 0.6 is 15.9 Å². The second-order valence-corrected chi connectivity index (χ2v) is 5.99. The van der Waals surface area contributed by atoms with Gasteiger partial charge in [0.1, 0.15) is 17.6 Å². The average molecular weight is 319 g/mol. The Labute approximate surface area is 115 Å². The molecule has 0 aromatic carbocycles. The first kappa shape index (κ1) is 15.0. The Balaban J connectivity index is 2.29. The van der Waals surface area contributed by atoms with Crippen LogP contribution in [0.3, 0.4) is 0 Å². The van der Waals surface area contributed by atoms with E-state index in [0.717, 1.165) is 10.2 Å². The van der Waals surface area contributed by atoms with E-state index in [9.17, 15) is 4.79 Å². The van der Waals surface area contributed by atoms with Crippen LogP contribution in [-0.4, -0.2) is 24.3 Å². The molecule has 0 saturated carbocycles. The molecule has 1 atom stereocenters. The summed E-state index contributed by atoms with van der Waals surface area (Å²) in [6, 6.07) is 1.64. The number of alkyl carbamates (subject to hydrolysis) is 1. The molecule has 0 aliphatic carbocycles. The number of amides is 1. The van der Waals surface area contributed by atoms with Gasteiger partial charge in [0.05, 0.1) is 4.47 Å². The Kier molecular flexibility index (Phi) is 5.22. The molecular formula is C12H19BrN2O3. The SMILES string of the molecule is CC(C)(C)OC(=O)NCC(N)Cc1cc(Br)co1. The summed E-state index contributed by atoms with van der Waals surface area (Å²) in [5.41, 5.74) is 5.38. The summed E-state index contributed by atoms with van der Waals surface area (Å²) in [6.07, 6.45) is 1.70. The van der Waals surface area contributed by atoms with Gasteiger partial charge in [-0.05, 0) is 42.8 Å². The molecule has 1 amide bonds. The zero-order valence-corrected chi connectivity index (χ0v) is 12.4. The van der Waals surface area contributed by atoms with Crippen molar-refractivity contribution < 1.29 is 13.9 Å². The van der Waals surface area contributed by atoms with Crippen LogP contribution in [0, 0.1) is 0 Å². The van der Waals surface area contributed by atoms with Crippen molar-refractivity contribution in [2.24, 2.45) is 5.73 Å². The second kappa shape index (κ2) is 6.24. The van der Waals surface area contributed by atoms with E-state index in [0.29, 0.717) is 13.0 Å². The molecule has 1 aromatic rings. The molecule has 0 saturated heterocycles. The van der Waals surface area contributed by atoms with Gasteiger partial charge >= 0.3 is 6.09 Å². The van der Waals surface area contributed by atoms with Crippen molar-refractivity contribution in [3.63, 3.8) is 0 Å². The number of furan rings is 1. The van der Waals surface area contributed by atoms with Crippen molar-refractivity contribution in [3.8, 4) is 0 Å². The van der Waals surface area contributed by atoms with Gasteiger partial charge in [0.2, 0.25) is 0 Å². The largest absolute Gasteiger partial charge is 0.468 e. The summed E-state index contributed by atoms with van der Waals surface area (Å²) in [5.74, 6) is 0.778. The summed E-state index contributed by atoms with van der Waals surface area (Å²) in [6.45, 7) is 5.78. The lowest BCUT2D eigenvalue weighted by molar-refractivity contribution is 0.0524. The lowest BCUT2D eigenvalue weighted by Gasteiger charge is -2.20. The number of nitrogens with two attached hydrogens (primary N) is 1. The third kappa shape index (κ3) is 6.07. The molecule has 0 spiro atoms. The number of carbonyl (C=O) groups is 1. The standard InChI is InChI=1S/C12H19BrN2O3/c1-12(2,3)18-11(16)15-6-9(14)5-10-4-8(13)7-17-10/h4,7,9H,5-6,14H2,1-3H3,(H,15,16). The van der Waals surface area contributed by atoms with Crippen molar-refractivity contribution in [1.29, 1.82) is 0 Å². The maximum absolute atomic E-state index is 11.4. The van der Waals surface area contributed by atoms with E-state index in [2.05, 4.69) is 21.2 Å². The van der Waals surface area contributed by atoms with E-state index in [1.807, 2.05) is 26.8 Å². The lowest BCUT2D eigenvalue weighted by Crippen LogP contribution is -2.41. The van der Waals surface area contributed by atoms with Gasteiger partial charge in [0.15, 0.2) is 0 Å². The molecule has 0 aliphatic heterocycles. The Morgan fingerprint density at radius 3 is 2.78 bits per heavy atom. The number of rotatable bonds is 4. The van der Waals surface area contributed by atoms with Gasteiger partial charge in [-0.15, -0.1) is 0 Å². The monoisotopic (exact) mass is 318 g/mol. The van der Waals surface area contributed by atoms with Crippen LogP contribution in [-0.2, 0) is 11.2 Å². The van der Waals surface area contributed by atoms with Crippen molar-refractivity contribution in [3.05, 3.63) is 22.6 Å². The normalized spacial score (nSPS) is 13.2. The van der Waals surface area contributed by atoms with Crippen molar-refractivity contribution in [2.45, 2.75) is 38.8 Å². The molecule has 1 heterocycles. The highest BCUT2D eigenvalue weighted by Crippen LogP contribution is 2.15. The van der Waals surface area contributed by atoms with Gasteiger partial charge in [0, 0.05) is 19.0 Å². The highest BCUT2D eigenvalue weighted by atomic mass is 79.9. The van der Waals surface area contributed by atoms with Gasteiger partial charge in [-0.3, -0.25) is 0 Å². The predicted octanol–water partition coefficient (Wildman–Crippen LogP) is 2.44. The Morgan fingerprint density at radius 1 is 1.61 bits per heavy atom. The fraction of sp³-hybridized carbons (Fsp3) is 0.583. The topological polar surface area (TPSA) is 77.5 Å². The summed E-state index contributed by atoms with van der Waals surface area (Å²) >= 11 is 3.29. The zero-order chi connectivity index (χ0) is 13.8. The Bertz CT molecular complexity index is 398. The van der Waals surface area contributed by atoms with Gasteiger partial charge in [0.25, 0.3) is 0 Å². The minimum atomic E-state index is -0.500. The van der Waals surface area contributed by atoms with Crippen LogP contribution in [0.1, 0.15) is 26.5 Å². The fourth-order valence-corrected chi connectivity index (χ4v) is 1.67. The minimum Gasteiger partial charge on any atom is -0.468 e. The Morgan fingerprint density at radius 2 is 2.28 bits per heavy atom. The van der Waals surface area contributed by atoms with Crippen molar-refractivity contribution in [1.82, 2.24) is 5.32 Å². The average Bonchev–Trinajstić information content (AvgIpc) is 2.58. The molecule has 0 radical (unpaired) electrons. The molecule has 1 unspecified atom stereocenters. The van der Waals surface area contributed by atoms with E-state index in [4.69, 9.17) is 14.9 Å². The van der Waals surface area contributed by atoms with Crippen LogP contribution < -0.4 is 11.1 Å². The zero-order valence-electron chi connectivity index (χ0n) is 10.8. The van der Waals surface area contributed by atoms with Crippen LogP contribution in [0.15, 0.2) is 21.2 Å². The first-order valence-corrected chi connectivity index (χ1v) is 6.51. The molecule has 5 nitrogen and oxygen atoms in total. The number of hydrogen-bond acceptors (Lipinski definition) is 4. The van der Waals surface area contributed by atoms with E-state index in [-0.39, 0.29) is 6.04 Å².